The Morgan fingerprint density at radius 2 is 1.68 bits per heavy atom. The molecule has 0 radical (unpaired) electrons. The van der Waals surface area contributed by atoms with Gasteiger partial charge in [-0.1, -0.05) is 5.16 Å². The van der Waals surface area contributed by atoms with Gasteiger partial charge >= 0.3 is 12.4 Å². The van der Waals surface area contributed by atoms with E-state index in [2.05, 4.69) is 9.68 Å². The fraction of sp³-hybridized carbons (Fsp3) is 0.231. The highest BCUT2D eigenvalue weighted by atomic mass is 19.4. The van der Waals surface area contributed by atoms with Crippen LogP contribution in [0.5, 0.6) is 0 Å². The summed E-state index contributed by atoms with van der Waals surface area (Å²) in [4.78, 5) is 12.0. The van der Waals surface area contributed by atoms with Gasteiger partial charge < -0.3 is 4.52 Å². The van der Waals surface area contributed by atoms with Crippen LogP contribution >= 0.6 is 0 Å². The summed E-state index contributed by atoms with van der Waals surface area (Å²) in [6, 6.07) is 1.90. The summed E-state index contributed by atoms with van der Waals surface area (Å²) in [5, 5.41) is 3.27. The third kappa shape index (κ3) is 3.12. The topological polar surface area (TPSA) is 43.1 Å². The van der Waals surface area contributed by atoms with E-state index in [-0.39, 0.29) is 11.8 Å². The Hall–Kier alpha value is -2.32. The Labute approximate surface area is 119 Å². The second-order valence-electron chi connectivity index (χ2n) is 4.41. The zero-order valence-corrected chi connectivity index (χ0v) is 10.8. The average molecular weight is 323 g/mol. The molecule has 0 N–H and O–H groups in total. The first kappa shape index (κ1) is 16.1. The quantitative estimate of drug-likeness (QED) is 0.613. The van der Waals surface area contributed by atoms with Gasteiger partial charge in [-0.05, 0) is 25.1 Å². The van der Waals surface area contributed by atoms with Crippen LogP contribution < -0.4 is 0 Å². The second kappa shape index (κ2) is 5.15. The molecule has 0 fully saturated rings. The molecule has 0 saturated carbocycles. The number of hydrogen-bond acceptors (Lipinski definition) is 3. The van der Waals surface area contributed by atoms with E-state index in [9.17, 15) is 31.1 Å². The van der Waals surface area contributed by atoms with Gasteiger partial charge in [-0.25, -0.2) is 0 Å². The molecule has 118 valence electrons. The minimum atomic E-state index is -5.12. The van der Waals surface area contributed by atoms with E-state index in [0.717, 1.165) is 6.07 Å². The van der Waals surface area contributed by atoms with E-state index in [1.54, 1.807) is 0 Å². The summed E-state index contributed by atoms with van der Waals surface area (Å²) < 4.78 is 81.0. The maximum atomic E-state index is 12.9. The molecule has 2 rings (SSSR count). The summed E-state index contributed by atoms with van der Waals surface area (Å²) in [5.41, 5.74) is -4.50. The average Bonchev–Trinajstić information content (AvgIpc) is 2.82. The Morgan fingerprint density at radius 3 is 2.14 bits per heavy atom. The van der Waals surface area contributed by atoms with Gasteiger partial charge in [0, 0.05) is 11.6 Å². The highest BCUT2D eigenvalue weighted by molar-refractivity contribution is 6.08. The summed E-state index contributed by atoms with van der Waals surface area (Å²) in [6.07, 6.45) is -10.1. The van der Waals surface area contributed by atoms with Gasteiger partial charge in [-0.2, -0.15) is 26.3 Å². The van der Waals surface area contributed by atoms with E-state index in [4.69, 9.17) is 0 Å². The molecule has 0 atom stereocenters. The Bertz CT molecular complexity index is 714. The minimum absolute atomic E-state index is 0.0971. The molecule has 1 aromatic carbocycles. The number of nitrogens with zero attached hydrogens (tertiary/aromatic N) is 1. The fourth-order valence-electron chi connectivity index (χ4n) is 1.76. The first-order valence-electron chi connectivity index (χ1n) is 5.76. The van der Waals surface area contributed by atoms with Crippen LogP contribution in [0, 0.1) is 6.92 Å². The molecular formula is C13H7F6NO2. The molecule has 2 aromatic rings. The van der Waals surface area contributed by atoms with Crippen molar-refractivity contribution >= 4 is 5.78 Å². The molecule has 1 aromatic heterocycles. The van der Waals surface area contributed by atoms with Gasteiger partial charge in [0.25, 0.3) is 0 Å². The van der Waals surface area contributed by atoms with Crippen LogP contribution in [-0.4, -0.2) is 10.9 Å². The van der Waals surface area contributed by atoms with Crippen molar-refractivity contribution in [2.75, 3.05) is 0 Å². The smallest absolute Gasteiger partial charge is 0.361 e. The van der Waals surface area contributed by atoms with Crippen LogP contribution in [0.15, 0.2) is 28.8 Å². The van der Waals surface area contributed by atoms with Crippen molar-refractivity contribution in [1.82, 2.24) is 5.16 Å². The van der Waals surface area contributed by atoms with E-state index in [1.807, 2.05) is 0 Å². The monoisotopic (exact) mass is 323 g/mol. The SMILES string of the molecule is Cc1cc(C(=O)c2ccc(C(F)(F)F)cc2C(F)(F)F)no1. The number of halogens is 6. The molecule has 0 amide bonds. The number of rotatable bonds is 2. The molecule has 0 unspecified atom stereocenters. The number of carbonyl (C=O) groups excluding carboxylic acids is 1. The molecule has 0 aliphatic carbocycles. The lowest BCUT2D eigenvalue weighted by atomic mass is 9.98. The standard InChI is InChI=1S/C13H7F6NO2/c1-6-4-10(20-22-6)11(21)8-3-2-7(12(14,15)16)5-9(8)13(17,18)19/h2-5H,1H3. The van der Waals surface area contributed by atoms with Crippen LogP contribution in [-0.2, 0) is 12.4 Å². The third-order valence-corrected chi connectivity index (χ3v) is 2.76. The van der Waals surface area contributed by atoms with E-state index in [0.29, 0.717) is 12.1 Å². The molecular weight excluding hydrogens is 316 g/mol. The Balaban J connectivity index is 2.58. The zero-order chi connectivity index (χ0) is 16.7. The van der Waals surface area contributed by atoms with E-state index < -0.39 is 40.5 Å². The number of benzene rings is 1. The minimum Gasteiger partial charge on any atom is -0.361 e. The van der Waals surface area contributed by atoms with Gasteiger partial charge in [0.1, 0.15) is 5.76 Å². The van der Waals surface area contributed by atoms with Crippen LogP contribution in [0.2, 0.25) is 0 Å². The van der Waals surface area contributed by atoms with Gasteiger partial charge in [0.15, 0.2) is 5.69 Å². The Kier molecular flexibility index (Phi) is 3.76. The molecule has 1 heterocycles. The first-order valence-corrected chi connectivity index (χ1v) is 5.76. The number of ketones is 1. The largest absolute Gasteiger partial charge is 0.417 e. The van der Waals surface area contributed by atoms with Crippen molar-refractivity contribution < 1.29 is 35.7 Å². The lowest BCUT2D eigenvalue weighted by molar-refractivity contribution is -0.143. The molecule has 3 nitrogen and oxygen atoms in total. The van der Waals surface area contributed by atoms with Crippen molar-refractivity contribution in [2.24, 2.45) is 0 Å². The van der Waals surface area contributed by atoms with E-state index >= 15 is 0 Å². The predicted molar refractivity (Wildman–Crippen MR) is 61.1 cm³/mol. The highest BCUT2D eigenvalue weighted by Crippen LogP contribution is 2.37. The van der Waals surface area contributed by atoms with Crippen molar-refractivity contribution in [1.29, 1.82) is 0 Å². The summed E-state index contributed by atoms with van der Waals surface area (Å²) >= 11 is 0. The number of alkyl halides is 6. The predicted octanol–water partition coefficient (Wildman–Crippen LogP) is 4.25. The molecule has 0 aliphatic rings. The number of aromatic nitrogens is 1. The van der Waals surface area contributed by atoms with Crippen molar-refractivity contribution in [2.45, 2.75) is 19.3 Å². The fourth-order valence-corrected chi connectivity index (χ4v) is 1.76. The van der Waals surface area contributed by atoms with Crippen molar-refractivity contribution in [3.8, 4) is 0 Å². The molecule has 9 heteroatoms. The summed E-state index contributed by atoms with van der Waals surface area (Å²) in [6.45, 7) is 1.42. The summed E-state index contributed by atoms with van der Waals surface area (Å²) in [5.74, 6) is -0.985. The van der Waals surface area contributed by atoms with Gasteiger partial charge in [-0.3, -0.25) is 4.79 Å². The first-order chi connectivity index (χ1) is 10.00. The highest BCUT2D eigenvalue weighted by Gasteiger charge is 2.39. The second-order valence-corrected chi connectivity index (χ2v) is 4.41. The third-order valence-electron chi connectivity index (χ3n) is 2.76. The number of aryl methyl sites for hydroxylation is 1. The maximum Gasteiger partial charge on any atom is 0.417 e. The lowest BCUT2D eigenvalue weighted by Crippen LogP contribution is -2.16. The number of hydrogen-bond donors (Lipinski definition) is 0. The zero-order valence-electron chi connectivity index (χ0n) is 10.8. The Morgan fingerprint density at radius 1 is 1.05 bits per heavy atom. The van der Waals surface area contributed by atoms with E-state index in [1.165, 1.54) is 6.92 Å². The van der Waals surface area contributed by atoms with Gasteiger partial charge in [0.05, 0.1) is 11.1 Å². The van der Waals surface area contributed by atoms with Crippen LogP contribution in [0.3, 0.4) is 0 Å². The van der Waals surface area contributed by atoms with Crippen molar-refractivity contribution in [3.63, 3.8) is 0 Å². The van der Waals surface area contributed by atoms with Crippen molar-refractivity contribution in [3.05, 3.63) is 52.4 Å². The van der Waals surface area contributed by atoms with Gasteiger partial charge in [0.2, 0.25) is 5.78 Å². The maximum absolute atomic E-state index is 12.9. The molecule has 0 aliphatic heterocycles. The lowest BCUT2D eigenvalue weighted by Gasteiger charge is -2.14. The number of carbonyl (C=O) groups is 1. The van der Waals surface area contributed by atoms with Crippen LogP contribution in [0.1, 0.15) is 32.9 Å². The molecule has 0 bridgehead atoms. The van der Waals surface area contributed by atoms with Gasteiger partial charge in [-0.15, -0.1) is 0 Å². The van der Waals surface area contributed by atoms with Crippen LogP contribution in [0.4, 0.5) is 26.3 Å². The molecule has 0 saturated heterocycles. The van der Waals surface area contributed by atoms with Crippen LogP contribution in [0.25, 0.3) is 0 Å². The molecule has 0 spiro atoms. The molecule has 22 heavy (non-hydrogen) atoms. The normalized spacial score (nSPS) is 12.5. The summed E-state index contributed by atoms with van der Waals surface area (Å²) in [7, 11) is 0.